The minimum atomic E-state index is 0. The Morgan fingerprint density at radius 2 is 2.04 bits per heavy atom. The lowest BCUT2D eigenvalue weighted by Gasteiger charge is -2.37. The monoisotopic (exact) mass is 447 g/mol. The van der Waals surface area contributed by atoms with Gasteiger partial charge in [-0.05, 0) is 37.6 Å². The van der Waals surface area contributed by atoms with Crippen LogP contribution in [0.1, 0.15) is 38.1 Å². The molecule has 0 spiro atoms. The highest BCUT2D eigenvalue weighted by molar-refractivity contribution is 7.13. The van der Waals surface area contributed by atoms with Gasteiger partial charge in [-0.1, -0.05) is 11.2 Å². The quantitative estimate of drug-likeness (QED) is 0.774. The highest BCUT2D eigenvalue weighted by Crippen LogP contribution is 2.28. The van der Waals surface area contributed by atoms with Crippen LogP contribution in [0.5, 0.6) is 0 Å². The van der Waals surface area contributed by atoms with Gasteiger partial charge in [0.05, 0.1) is 10.9 Å². The van der Waals surface area contributed by atoms with Crippen LogP contribution in [0.15, 0.2) is 22.0 Å². The molecule has 2 aliphatic rings. The maximum absolute atomic E-state index is 12.6. The SMILES string of the molecule is CC(c1nc(-c2cccs2)no1)N1CCN(C(=O)C2CCC(N)C2)CC1.Cl.Cl. The smallest absolute Gasteiger partial charge is 0.244 e. The Bertz CT molecular complexity index is 749. The van der Waals surface area contributed by atoms with Crippen molar-refractivity contribution in [3.8, 4) is 10.7 Å². The third-order valence-electron chi connectivity index (χ3n) is 5.54. The number of aromatic nitrogens is 2. The number of rotatable bonds is 4. The molecular weight excluding hydrogens is 421 g/mol. The normalized spacial score (nSPS) is 23.7. The van der Waals surface area contributed by atoms with Crippen molar-refractivity contribution < 1.29 is 9.32 Å². The predicted octanol–water partition coefficient (Wildman–Crippen LogP) is 2.97. The fourth-order valence-corrected chi connectivity index (χ4v) is 4.54. The van der Waals surface area contributed by atoms with E-state index in [1.165, 1.54) is 0 Å². The largest absolute Gasteiger partial charge is 0.340 e. The van der Waals surface area contributed by atoms with Crippen LogP contribution in [0.25, 0.3) is 10.7 Å². The number of nitrogens with two attached hydrogens (primary N) is 1. The number of hydrogen-bond acceptors (Lipinski definition) is 7. The third-order valence-corrected chi connectivity index (χ3v) is 6.40. The maximum atomic E-state index is 12.6. The average molecular weight is 448 g/mol. The molecule has 1 aliphatic carbocycles. The van der Waals surface area contributed by atoms with Gasteiger partial charge in [0.15, 0.2) is 0 Å². The average Bonchev–Trinajstić information content (AvgIpc) is 3.41. The molecule has 3 heterocycles. The fourth-order valence-electron chi connectivity index (χ4n) is 3.90. The summed E-state index contributed by atoms with van der Waals surface area (Å²) in [5.74, 6) is 1.68. The van der Waals surface area contributed by atoms with Crippen molar-refractivity contribution in [2.24, 2.45) is 11.7 Å². The number of amides is 1. The summed E-state index contributed by atoms with van der Waals surface area (Å²) in [6.07, 6.45) is 2.74. The number of nitrogens with zero attached hydrogens (tertiary/aromatic N) is 4. The lowest BCUT2D eigenvalue weighted by atomic mass is 10.1. The number of carbonyl (C=O) groups is 1. The van der Waals surface area contributed by atoms with Crippen LogP contribution in [0.4, 0.5) is 0 Å². The molecule has 0 aromatic carbocycles. The zero-order chi connectivity index (χ0) is 18.1. The van der Waals surface area contributed by atoms with Gasteiger partial charge in [-0.2, -0.15) is 4.98 Å². The molecule has 7 nitrogen and oxygen atoms in total. The Hall–Kier alpha value is -1.19. The Balaban J connectivity index is 0.00000140. The second-order valence-electron chi connectivity index (χ2n) is 7.24. The van der Waals surface area contributed by atoms with Crippen molar-refractivity contribution in [1.29, 1.82) is 0 Å². The fraction of sp³-hybridized carbons (Fsp3) is 0.611. The highest BCUT2D eigenvalue weighted by atomic mass is 35.5. The van der Waals surface area contributed by atoms with Crippen molar-refractivity contribution in [1.82, 2.24) is 19.9 Å². The first-order chi connectivity index (χ1) is 12.6. The first kappa shape index (κ1) is 23.1. The molecule has 4 rings (SSSR count). The first-order valence-corrected chi connectivity index (χ1v) is 10.2. The minimum Gasteiger partial charge on any atom is -0.340 e. The molecule has 2 aromatic rings. The molecule has 2 N–H and O–H groups in total. The molecule has 2 fully saturated rings. The second kappa shape index (κ2) is 10.0. The lowest BCUT2D eigenvalue weighted by molar-refractivity contribution is -0.137. The van der Waals surface area contributed by atoms with Crippen LogP contribution in [-0.4, -0.2) is 58.1 Å². The van der Waals surface area contributed by atoms with Crippen molar-refractivity contribution in [3.05, 3.63) is 23.4 Å². The second-order valence-corrected chi connectivity index (χ2v) is 8.19. The number of carbonyl (C=O) groups excluding carboxylic acids is 1. The summed E-state index contributed by atoms with van der Waals surface area (Å²) in [4.78, 5) is 22.5. The molecule has 3 unspecified atom stereocenters. The van der Waals surface area contributed by atoms with Crippen LogP contribution >= 0.6 is 36.2 Å². The van der Waals surface area contributed by atoms with Gasteiger partial charge in [0.2, 0.25) is 17.6 Å². The van der Waals surface area contributed by atoms with Crippen LogP contribution in [0, 0.1) is 5.92 Å². The van der Waals surface area contributed by atoms with Gasteiger partial charge in [0.25, 0.3) is 0 Å². The molecule has 10 heteroatoms. The minimum absolute atomic E-state index is 0. The van der Waals surface area contributed by atoms with Crippen LogP contribution < -0.4 is 5.73 Å². The van der Waals surface area contributed by atoms with Crippen LogP contribution in [-0.2, 0) is 4.79 Å². The zero-order valence-electron chi connectivity index (χ0n) is 15.8. The van der Waals surface area contributed by atoms with E-state index in [0.29, 0.717) is 11.7 Å². The van der Waals surface area contributed by atoms with E-state index in [1.807, 2.05) is 22.4 Å². The molecular formula is C18H27Cl2N5O2S. The first-order valence-electron chi connectivity index (χ1n) is 9.27. The number of thiophene rings is 1. The summed E-state index contributed by atoms with van der Waals surface area (Å²) in [5.41, 5.74) is 5.95. The number of halogens is 2. The van der Waals surface area contributed by atoms with Gasteiger partial charge < -0.3 is 15.2 Å². The van der Waals surface area contributed by atoms with Gasteiger partial charge in [-0.15, -0.1) is 36.2 Å². The van der Waals surface area contributed by atoms with E-state index < -0.39 is 0 Å². The molecule has 1 amide bonds. The van der Waals surface area contributed by atoms with Crippen molar-refractivity contribution in [2.75, 3.05) is 26.2 Å². The molecule has 0 bridgehead atoms. The molecule has 1 aliphatic heterocycles. The van der Waals surface area contributed by atoms with E-state index in [1.54, 1.807) is 11.3 Å². The van der Waals surface area contributed by atoms with E-state index in [4.69, 9.17) is 10.3 Å². The topological polar surface area (TPSA) is 88.5 Å². The van der Waals surface area contributed by atoms with Crippen molar-refractivity contribution >= 4 is 42.1 Å². The van der Waals surface area contributed by atoms with Crippen molar-refractivity contribution in [2.45, 2.75) is 38.3 Å². The van der Waals surface area contributed by atoms with E-state index in [2.05, 4.69) is 22.0 Å². The zero-order valence-corrected chi connectivity index (χ0v) is 18.3. The van der Waals surface area contributed by atoms with Gasteiger partial charge in [-0.25, -0.2) is 0 Å². The Labute approximate surface area is 181 Å². The molecule has 28 heavy (non-hydrogen) atoms. The van der Waals surface area contributed by atoms with E-state index in [0.717, 1.165) is 50.3 Å². The van der Waals surface area contributed by atoms with Gasteiger partial charge >= 0.3 is 0 Å². The molecule has 0 radical (unpaired) electrons. The molecule has 1 saturated carbocycles. The predicted molar refractivity (Wildman–Crippen MR) is 114 cm³/mol. The summed E-state index contributed by atoms with van der Waals surface area (Å²) >= 11 is 1.60. The Morgan fingerprint density at radius 3 is 2.64 bits per heavy atom. The van der Waals surface area contributed by atoms with Crippen LogP contribution in [0.3, 0.4) is 0 Å². The molecule has 2 aromatic heterocycles. The maximum Gasteiger partial charge on any atom is 0.244 e. The highest BCUT2D eigenvalue weighted by Gasteiger charge is 2.33. The molecule has 1 saturated heterocycles. The lowest BCUT2D eigenvalue weighted by Crippen LogP contribution is -2.50. The van der Waals surface area contributed by atoms with Crippen LogP contribution in [0.2, 0.25) is 0 Å². The van der Waals surface area contributed by atoms with E-state index in [9.17, 15) is 4.79 Å². The Kier molecular flexibility index (Phi) is 8.27. The van der Waals surface area contributed by atoms with E-state index in [-0.39, 0.29) is 48.7 Å². The Morgan fingerprint density at radius 1 is 1.29 bits per heavy atom. The third kappa shape index (κ3) is 4.86. The standard InChI is InChI=1S/C18H25N5O2S.2ClH/c1-12(17-20-16(21-25-17)15-3-2-10-26-15)22-6-8-23(9-7-22)18(24)13-4-5-14(19)11-13;;/h2-3,10,12-14H,4-9,11,19H2,1H3;2*1H. The summed E-state index contributed by atoms with van der Waals surface area (Å²) < 4.78 is 5.48. The summed E-state index contributed by atoms with van der Waals surface area (Å²) in [7, 11) is 0. The van der Waals surface area contributed by atoms with Gasteiger partial charge in [0.1, 0.15) is 0 Å². The number of hydrogen-bond donors (Lipinski definition) is 1. The van der Waals surface area contributed by atoms with Gasteiger partial charge in [-0.3, -0.25) is 9.69 Å². The molecule has 3 atom stereocenters. The summed E-state index contributed by atoms with van der Waals surface area (Å²) in [5, 5.41) is 6.10. The summed E-state index contributed by atoms with van der Waals surface area (Å²) in [6.45, 7) is 5.23. The van der Waals surface area contributed by atoms with Crippen molar-refractivity contribution in [3.63, 3.8) is 0 Å². The van der Waals surface area contributed by atoms with E-state index >= 15 is 0 Å². The number of piperazine rings is 1. The molecule has 156 valence electrons. The summed E-state index contributed by atoms with van der Waals surface area (Å²) in [6, 6.07) is 4.21. The van der Waals surface area contributed by atoms with Gasteiger partial charge in [0, 0.05) is 38.1 Å².